The van der Waals surface area contributed by atoms with E-state index < -0.39 is 0 Å². The molecule has 0 atom stereocenters. The van der Waals surface area contributed by atoms with Crippen molar-refractivity contribution >= 4 is 21.7 Å². The zero-order chi connectivity index (χ0) is 12.5. The fourth-order valence-corrected chi connectivity index (χ4v) is 2.97. The second-order valence-corrected chi connectivity index (χ2v) is 5.80. The van der Waals surface area contributed by atoms with Gasteiger partial charge in [-0.25, -0.2) is 0 Å². The Hall–Kier alpha value is -1.29. The molecule has 1 saturated carbocycles. The van der Waals surface area contributed by atoms with Crippen LogP contribution < -0.4 is 5.73 Å². The molecule has 2 aromatic rings. The van der Waals surface area contributed by atoms with Crippen molar-refractivity contribution in [3.05, 3.63) is 34.4 Å². The third-order valence-electron chi connectivity index (χ3n) is 3.73. The van der Waals surface area contributed by atoms with Crippen molar-refractivity contribution in [2.45, 2.75) is 25.7 Å². The Morgan fingerprint density at radius 3 is 2.78 bits per heavy atom. The van der Waals surface area contributed by atoms with Crippen LogP contribution in [0.4, 0.5) is 5.82 Å². The van der Waals surface area contributed by atoms with Crippen LogP contribution in [0.15, 0.2) is 28.7 Å². The molecule has 3 nitrogen and oxygen atoms in total. The van der Waals surface area contributed by atoms with Gasteiger partial charge in [-0.1, -0.05) is 53.4 Å². The van der Waals surface area contributed by atoms with E-state index >= 15 is 0 Å². The number of halogens is 1. The summed E-state index contributed by atoms with van der Waals surface area (Å²) in [7, 11) is 0. The third-order valence-corrected chi connectivity index (χ3v) is 4.42. The second-order valence-electron chi connectivity index (χ2n) is 4.94. The summed E-state index contributed by atoms with van der Waals surface area (Å²) in [6.45, 7) is 0. The zero-order valence-electron chi connectivity index (χ0n) is 10.1. The monoisotopic (exact) mass is 305 g/mol. The molecule has 0 saturated heterocycles. The van der Waals surface area contributed by atoms with Gasteiger partial charge in [-0.2, -0.15) is 5.10 Å². The summed E-state index contributed by atoms with van der Waals surface area (Å²) < 4.78 is 1.06. The lowest BCUT2D eigenvalue weighted by Crippen LogP contribution is -2.14. The molecular formula is C14H16BrN3. The first-order valence-corrected chi connectivity index (χ1v) is 7.12. The molecule has 0 bridgehead atoms. The fourth-order valence-electron chi connectivity index (χ4n) is 2.49. The number of hydrogen-bond acceptors (Lipinski definition) is 2. The maximum atomic E-state index is 6.01. The molecule has 18 heavy (non-hydrogen) atoms. The minimum atomic E-state index is 0.594. The lowest BCUT2D eigenvalue weighted by molar-refractivity contribution is 0.312. The standard InChI is InChI=1S/C14H16BrN3/c15-11-7-2-1-6-10(11)13-12(17-18-14(13)16)8-9-4-3-5-9/h1-2,6-7,9H,3-5,8H2,(H3,16,17,18). The molecule has 1 aliphatic carbocycles. The first-order chi connectivity index (χ1) is 8.75. The summed E-state index contributed by atoms with van der Waals surface area (Å²) in [6, 6.07) is 8.15. The summed E-state index contributed by atoms with van der Waals surface area (Å²) in [5, 5.41) is 7.28. The Labute approximate surface area is 115 Å². The maximum Gasteiger partial charge on any atom is 0.153 e. The van der Waals surface area contributed by atoms with Crippen molar-refractivity contribution in [3.63, 3.8) is 0 Å². The summed E-state index contributed by atoms with van der Waals surface area (Å²) in [6.07, 6.45) is 5.07. The van der Waals surface area contributed by atoms with Crippen molar-refractivity contribution in [2.75, 3.05) is 5.73 Å². The fraction of sp³-hybridized carbons (Fsp3) is 0.357. The van der Waals surface area contributed by atoms with Crippen LogP contribution >= 0.6 is 15.9 Å². The highest BCUT2D eigenvalue weighted by Gasteiger charge is 2.22. The number of aromatic nitrogens is 2. The van der Waals surface area contributed by atoms with Crippen LogP contribution in [0.1, 0.15) is 25.0 Å². The molecule has 1 fully saturated rings. The molecule has 94 valence electrons. The predicted octanol–water partition coefficient (Wildman–Crippen LogP) is 3.76. The largest absolute Gasteiger partial charge is 0.382 e. The van der Waals surface area contributed by atoms with Crippen LogP contribution in [0, 0.1) is 5.92 Å². The van der Waals surface area contributed by atoms with Crippen molar-refractivity contribution in [1.29, 1.82) is 0 Å². The van der Waals surface area contributed by atoms with Crippen LogP contribution in [0.25, 0.3) is 11.1 Å². The number of rotatable bonds is 3. The molecule has 0 aliphatic heterocycles. The van der Waals surface area contributed by atoms with E-state index in [1.807, 2.05) is 18.2 Å². The Bertz CT molecular complexity index is 558. The second kappa shape index (κ2) is 4.76. The van der Waals surface area contributed by atoms with E-state index in [1.54, 1.807) is 0 Å². The van der Waals surface area contributed by atoms with E-state index in [1.165, 1.54) is 25.0 Å². The first kappa shape index (κ1) is 11.8. The molecule has 3 N–H and O–H groups in total. The van der Waals surface area contributed by atoms with Gasteiger partial charge < -0.3 is 5.73 Å². The number of hydrogen-bond donors (Lipinski definition) is 2. The number of anilines is 1. The van der Waals surface area contributed by atoms with Gasteiger partial charge in [0.15, 0.2) is 5.82 Å². The number of benzene rings is 1. The zero-order valence-corrected chi connectivity index (χ0v) is 11.7. The molecule has 1 aliphatic rings. The highest BCUT2D eigenvalue weighted by molar-refractivity contribution is 9.10. The van der Waals surface area contributed by atoms with Crippen LogP contribution in [0.5, 0.6) is 0 Å². The number of nitrogens with two attached hydrogens (primary N) is 1. The third kappa shape index (κ3) is 2.05. The molecule has 3 rings (SSSR count). The van der Waals surface area contributed by atoms with Crippen LogP contribution in [-0.4, -0.2) is 10.2 Å². The van der Waals surface area contributed by atoms with Crippen molar-refractivity contribution in [3.8, 4) is 11.1 Å². The van der Waals surface area contributed by atoms with E-state index in [9.17, 15) is 0 Å². The number of nitrogens with zero attached hydrogens (tertiary/aromatic N) is 1. The van der Waals surface area contributed by atoms with Gasteiger partial charge in [0.2, 0.25) is 0 Å². The SMILES string of the molecule is Nc1n[nH]c(CC2CCC2)c1-c1ccccc1Br. The number of nitrogens with one attached hydrogen (secondary N) is 1. The maximum absolute atomic E-state index is 6.01. The van der Waals surface area contributed by atoms with Crippen LogP contribution in [-0.2, 0) is 6.42 Å². The number of aromatic amines is 1. The summed E-state index contributed by atoms with van der Waals surface area (Å²) in [5.41, 5.74) is 9.37. The minimum absolute atomic E-state index is 0.594. The molecule has 0 spiro atoms. The molecule has 1 heterocycles. The molecule has 0 unspecified atom stereocenters. The summed E-state index contributed by atoms with van der Waals surface area (Å²) in [5.74, 6) is 1.39. The van der Waals surface area contributed by atoms with E-state index in [2.05, 4.69) is 32.2 Å². The van der Waals surface area contributed by atoms with Gasteiger partial charge >= 0.3 is 0 Å². The Balaban J connectivity index is 1.99. The van der Waals surface area contributed by atoms with Crippen molar-refractivity contribution in [1.82, 2.24) is 10.2 Å². The average Bonchev–Trinajstić information content (AvgIpc) is 2.66. The van der Waals surface area contributed by atoms with Crippen molar-refractivity contribution in [2.24, 2.45) is 5.92 Å². The molecule has 1 aromatic heterocycles. The highest BCUT2D eigenvalue weighted by Crippen LogP contribution is 2.37. The van der Waals surface area contributed by atoms with Gasteiger partial charge in [-0.3, -0.25) is 5.10 Å². The Morgan fingerprint density at radius 2 is 2.11 bits per heavy atom. The predicted molar refractivity (Wildman–Crippen MR) is 77.2 cm³/mol. The van der Waals surface area contributed by atoms with Gasteiger partial charge in [-0.15, -0.1) is 0 Å². The van der Waals surface area contributed by atoms with Crippen LogP contribution in [0.3, 0.4) is 0 Å². The van der Waals surface area contributed by atoms with E-state index in [4.69, 9.17) is 5.73 Å². The molecule has 4 heteroatoms. The first-order valence-electron chi connectivity index (χ1n) is 6.33. The molecule has 0 radical (unpaired) electrons. The Kier molecular flexibility index (Phi) is 3.12. The highest BCUT2D eigenvalue weighted by atomic mass is 79.9. The van der Waals surface area contributed by atoms with E-state index in [0.717, 1.165) is 27.9 Å². The normalized spacial score (nSPS) is 15.6. The van der Waals surface area contributed by atoms with Gasteiger partial charge in [0.1, 0.15) is 0 Å². The van der Waals surface area contributed by atoms with Gasteiger partial charge in [-0.05, 0) is 18.4 Å². The molecule has 0 amide bonds. The summed E-state index contributed by atoms with van der Waals surface area (Å²) >= 11 is 3.59. The smallest absolute Gasteiger partial charge is 0.153 e. The van der Waals surface area contributed by atoms with Gasteiger partial charge in [0.05, 0.1) is 0 Å². The van der Waals surface area contributed by atoms with Gasteiger partial charge in [0, 0.05) is 21.3 Å². The van der Waals surface area contributed by atoms with Gasteiger partial charge in [0.25, 0.3) is 0 Å². The van der Waals surface area contributed by atoms with E-state index in [0.29, 0.717) is 5.82 Å². The molecule has 1 aromatic carbocycles. The summed E-state index contributed by atoms with van der Waals surface area (Å²) in [4.78, 5) is 0. The Morgan fingerprint density at radius 1 is 1.33 bits per heavy atom. The van der Waals surface area contributed by atoms with Crippen molar-refractivity contribution < 1.29 is 0 Å². The number of nitrogen functional groups attached to an aromatic ring is 1. The quantitative estimate of drug-likeness (QED) is 0.907. The van der Waals surface area contributed by atoms with E-state index in [-0.39, 0.29) is 0 Å². The number of H-pyrrole nitrogens is 1. The average molecular weight is 306 g/mol. The van der Waals surface area contributed by atoms with Crippen LogP contribution in [0.2, 0.25) is 0 Å². The topological polar surface area (TPSA) is 54.7 Å². The lowest BCUT2D eigenvalue weighted by Gasteiger charge is -2.25. The lowest BCUT2D eigenvalue weighted by atomic mass is 9.81. The molecular weight excluding hydrogens is 290 g/mol. The minimum Gasteiger partial charge on any atom is -0.382 e.